The van der Waals surface area contributed by atoms with Crippen molar-refractivity contribution in [3.63, 3.8) is 0 Å². The normalized spacial score (nSPS) is 9.77. The fraction of sp³-hybridized carbons (Fsp3) is 0.200. The van der Waals surface area contributed by atoms with Crippen LogP contribution >= 0.6 is 23.2 Å². The van der Waals surface area contributed by atoms with Crippen molar-refractivity contribution >= 4 is 23.2 Å². The molecule has 0 amide bonds. The summed E-state index contributed by atoms with van der Waals surface area (Å²) < 4.78 is 0.223. The fourth-order valence-electron chi connectivity index (χ4n) is 1.06. The predicted octanol–water partition coefficient (Wildman–Crippen LogP) is 3.56. The van der Waals surface area contributed by atoms with E-state index >= 15 is 0 Å². The highest BCUT2D eigenvalue weighted by molar-refractivity contribution is 6.55. The number of phenols is 1. The van der Waals surface area contributed by atoms with Gasteiger partial charge in [0.2, 0.25) is 0 Å². The smallest absolute Gasteiger partial charge is 0.119 e. The highest BCUT2D eigenvalue weighted by atomic mass is 35.5. The van der Waals surface area contributed by atoms with E-state index in [0.717, 1.165) is 11.1 Å². The number of hydrogen-bond acceptors (Lipinski definition) is 1. The van der Waals surface area contributed by atoms with Gasteiger partial charge < -0.3 is 5.11 Å². The molecule has 0 fully saturated rings. The van der Waals surface area contributed by atoms with Crippen molar-refractivity contribution in [3.05, 3.63) is 39.9 Å². The van der Waals surface area contributed by atoms with E-state index in [9.17, 15) is 5.11 Å². The van der Waals surface area contributed by atoms with E-state index in [2.05, 4.69) is 0 Å². The molecular formula is C10H10Cl2O. The van der Waals surface area contributed by atoms with E-state index in [0.29, 0.717) is 6.42 Å². The van der Waals surface area contributed by atoms with Gasteiger partial charge in [0.15, 0.2) is 0 Å². The number of halogens is 2. The average Bonchev–Trinajstić information content (AvgIpc) is 2.06. The van der Waals surface area contributed by atoms with Crippen LogP contribution in [0, 0.1) is 6.92 Å². The molecular weight excluding hydrogens is 207 g/mol. The van der Waals surface area contributed by atoms with Gasteiger partial charge in [0.05, 0.1) is 0 Å². The zero-order valence-corrected chi connectivity index (χ0v) is 8.73. The van der Waals surface area contributed by atoms with Crippen LogP contribution in [0.3, 0.4) is 0 Å². The molecule has 1 N–H and O–H groups in total. The summed E-state index contributed by atoms with van der Waals surface area (Å²) in [6, 6.07) is 5.42. The molecule has 0 saturated carbocycles. The third-order valence-electron chi connectivity index (χ3n) is 1.71. The third kappa shape index (κ3) is 3.29. The van der Waals surface area contributed by atoms with E-state index in [1.54, 1.807) is 12.1 Å². The molecule has 0 aliphatic heterocycles. The maximum Gasteiger partial charge on any atom is 0.119 e. The minimum atomic E-state index is 0.223. The molecule has 0 spiro atoms. The maximum atomic E-state index is 9.43. The van der Waals surface area contributed by atoms with E-state index in [4.69, 9.17) is 23.2 Å². The summed E-state index contributed by atoms with van der Waals surface area (Å²) in [4.78, 5) is 0. The highest BCUT2D eigenvalue weighted by Gasteiger charge is 1.99. The van der Waals surface area contributed by atoms with Gasteiger partial charge in [0, 0.05) is 0 Å². The molecule has 1 aromatic rings. The highest BCUT2D eigenvalue weighted by Crippen LogP contribution is 2.20. The second kappa shape index (κ2) is 4.54. The molecule has 0 saturated heterocycles. The lowest BCUT2D eigenvalue weighted by atomic mass is 10.1. The van der Waals surface area contributed by atoms with Crippen molar-refractivity contribution in [1.29, 1.82) is 0 Å². The molecule has 1 nitrogen and oxygen atoms in total. The summed E-state index contributed by atoms with van der Waals surface area (Å²) in [5, 5.41) is 9.43. The molecule has 0 radical (unpaired) electrons. The number of aryl methyl sites for hydroxylation is 1. The van der Waals surface area contributed by atoms with Gasteiger partial charge in [-0.1, -0.05) is 40.9 Å². The Hall–Kier alpha value is -0.660. The molecule has 3 heteroatoms. The molecule has 0 unspecified atom stereocenters. The number of rotatable bonds is 2. The van der Waals surface area contributed by atoms with Crippen molar-refractivity contribution in [3.8, 4) is 5.75 Å². The lowest BCUT2D eigenvalue weighted by molar-refractivity contribution is 0.469. The minimum absolute atomic E-state index is 0.223. The molecule has 0 aliphatic rings. The van der Waals surface area contributed by atoms with Gasteiger partial charge >= 0.3 is 0 Å². The first kappa shape index (κ1) is 10.4. The summed E-state index contributed by atoms with van der Waals surface area (Å²) in [6.07, 6.45) is 2.20. The number of benzene rings is 1. The summed E-state index contributed by atoms with van der Waals surface area (Å²) >= 11 is 10.9. The predicted molar refractivity (Wildman–Crippen MR) is 56.3 cm³/mol. The monoisotopic (exact) mass is 216 g/mol. The number of aromatic hydroxyl groups is 1. The zero-order valence-electron chi connectivity index (χ0n) is 7.22. The van der Waals surface area contributed by atoms with Crippen molar-refractivity contribution in [1.82, 2.24) is 0 Å². The Balaban J connectivity index is 2.87. The summed E-state index contributed by atoms with van der Waals surface area (Å²) in [5.41, 5.74) is 1.94. The van der Waals surface area contributed by atoms with Crippen molar-refractivity contribution < 1.29 is 5.11 Å². The van der Waals surface area contributed by atoms with Crippen LogP contribution in [0.1, 0.15) is 11.1 Å². The molecule has 0 atom stereocenters. The fourth-order valence-corrected chi connectivity index (χ4v) is 1.22. The maximum absolute atomic E-state index is 9.43. The van der Waals surface area contributed by atoms with Crippen molar-refractivity contribution in [2.24, 2.45) is 0 Å². The van der Waals surface area contributed by atoms with Crippen LogP contribution in [-0.2, 0) is 6.42 Å². The van der Waals surface area contributed by atoms with Gasteiger partial charge in [-0.3, -0.25) is 0 Å². The first-order chi connectivity index (χ1) is 6.09. The number of allylic oxidation sites excluding steroid dienone is 1. The zero-order chi connectivity index (χ0) is 9.84. The topological polar surface area (TPSA) is 20.2 Å². The Kier molecular flexibility index (Phi) is 3.64. The average molecular weight is 217 g/mol. The van der Waals surface area contributed by atoms with Crippen LogP contribution in [0.25, 0.3) is 0 Å². The Bertz CT molecular complexity index is 328. The molecule has 1 rings (SSSR count). The van der Waals surface area contributed by atoms with Crippen LogP contribution in [-0.4, -0.2) is 5.11 Å². The number of phenolic OH excluding ortho intramolecular Hbond substituents is 1. The van der Waals surface area contributed by atoms with Gasteiger partial charge in [-0.15, -0.1) is 0 Å². The van der Waals surface area contributed by atoms with Crippen LogP contribution in [0.15, 0.2) is 28.8 Å². The Morgan fingerprint density at radius 3 is 2.77 bits per heavy atom. The summed E-state index contributed by atoms with van der Waals surface area (Å²) in [6.45, 7) is 1.97. The molecule has 70 valence electrons. The lowest BCUT2D eigenvalue weighted by Crippen LogP contribution is -1.84. The SMILES string of the molecule is Cc1ccc(O)c(CC=C(Cl)Cl)c1. The summed E-state index contributed by atoms with van der Waals surface area (Å²) in [7, 11) is 0. The van der Waals surface area contributed by atoms with Crippen LogP contribution in [0.4, 0.5) is 0 Å². The van der Waals surface area contributed by atoms with E-state index in [1.165, 1.54) is 0 Å². The lowest BCUT2D eigenvalue weighted by Gasteiger charge is -2.02. The Labute approximate surface area is 87.6 Å². The van der Waals surface area contributed by atoms with E-state index < -0.39 is 0 Å². The van der Waals surface area contributed by atoms with E-state index in [-0.39, 0.29) is 10.2 Å². The Morgan fingerprint density at radius 2 is 2.15 bits per heavy atom. The first-order valence-corrected chi connectivity index (χ1v) is 4.65. The molecule has 0 heterocycles. The molecule has 13 heavy (non-hydrogen) atoms. The minimum Gasteiger partial charge on any atom is -0.508 e. The van der Waals surface area contributed by atoms with E-state index in [1.807, 2.05) is 19.1 Å². The first-order valence-electron chi connectivity index (χ1n) is 3.89. The van der Waals surface area contributed by atoms with Gasteiger partial charge in [-0.05, 0) is 31.1 Å². The number of hydrogen-bond donors (Lipinski definition) is 1. The van der Waals surface area contributed by atoms with Gasteiger partial charge in [-0.2, -0.15) is 0 Å². The third-order valence-corrected chi connectivity index (χ3v) is 2.02. The quantitative estimate of drug-likeness (QED) is 0.802. The van der Waals surface area contributed by atoms with Gasteiger partial charge in [0.25, 0.3) is 0 Å². The molecule has 0 aromatic heterocycles. The van der Waals surface area contributed by atoms with Gasteiger partial charge in [0.1, 0.15) is 10.2 Å². The Morgan fingerprint density at radius 1 is 1.46 bits per heavy atom. The van der Waals surface area contributed by atoms with Crippen LogP contribution in [0.2, 0.25) is 0 Å². The second-order valence-corrected chi connectivity index (χ2v) is 3.84. The largest absolute Gasteiger partial charge is 0.508 e. The molecule has 0 aliphatic carbocycles. The molecule has 1 aromatic carbocycles. The van der Waals surface area contributed by atoms with Crippen molar-refractivity contribution in [2.75, 3.05) is 0 Å². The van der Waals surface area contributed by atoms with Crippen molar-refractivity contribution in [2.45, 2.75) is 13.3 Å². The summed E-state index contributed by atoms with van der Waals surface area (Å²) in [5.74, 6) is 0.274. The molecule has 0 bridgehead atoms. The standard InChI is InChI=1S/C10H10Cl2O/c1-7-2-4-9(13)8(6-7)3-5-10(11)12/h2,4-6,13H,3H2,1H3. The van der Waals surface area contributed by atoms with Gasteiger partial charge in [-0.25, -0.2) is 0 Å². The van der Waals surface area contributed by atoms with Crippen LogP contribution in [0.5, 0.6) is 5.75 Å². The second-order valence-electron chi connectivity index (χ2n) is 2.83. The van der Waals surface area contributed by atoms with Crippen LogP contribution < -0.4 is 0 Å².